The minimum atomic E-state index is 0.116. The van der Waals surface area contributed by atoms with Crippen LogP contribution < -0.4 is 4.74 Å². The predicted octanol–water partition coefficient (Wildman–Crippen LogP) is 4.62. The number of carbonyl (C=O) groups is 1. The van der Waals surface area contributed by atoms with Gasteiger partial charge in [-0.15, -0.1) is 6.58 Å². The molecule has 0 N–H and O–H groups in total. The molecular weight excluding hydrogens is 374 g/mol. The average molecular weight is 404 g/mol. The molecule has 1 saturated heterocycles. The van der Waals surface area contributed by atoms with E-state index in [0.717, 1.165) is 35.6 Å². The Labute approximate surface area is 178 Å². The molecule has 0 radical (unpaired) electrons. The highest BCUT2D eigenvalue weighted by Gasteiger charge is 2.33. The molecule has 1 aromatic heterocycles. The van der Waals surface area contributed by atoms with Crippen molar-refractivity contribution in [3.63, 3.8) is 0 Å². The summed E-state index contributed by atoms with van der Waals surface area (Å²) < 4.78 is 8.33. The van der Waals surface area contributed by atoms with Gasteiger partial charge in [0.25, 0.3) is 0 Å². The van der Waals surface area contributed by atoms with E-state index in [-0.39, 0.29) is 11.8 Å². The van der Waals surface area contributed by atoms with Gasteiger partial charge in [0.05, 0.1) is 17.6 Å². The van der Waals surface area contributed by atoms with E-state index in [1.165, 1.54) is 11.1 Å². The first kappa shape index (κ1) is 20.2. The lowest BCUT2D eigenvalue weighted by Gasteiger charge is -2.16. The summed E-state index contributed by atoms with van der Waals surface area (Å²) in [6, 6.07) is 14.4. The molecule has 5 nitrogen and oxygen atoms in total. The fourth-order valence-corrected chi connectivity index (χ4v) is 4.20. The van der Waals surface area contributed by atoms with Gasteiger partial charge in [0.15, 0.2) is 0 Å². The number of imidazole rings is 1. The number of aryl methyl sites for hydroxylation is 2. The lowest BCUT2D eigenvalue weighted by Crippen LogP contribution is -2.25. The highest BCUT2D eigenvalue weighted by atomic mass is 16.5. The van der Waals surface area contributed by atoms with E-state index >= 15 is 0 Å². The molecule has 0 unspecified atom stereocenters. The predicted molar refractivity (Wildman–Crippen MR) is 120 cm³/mol. The first-order valence-corrected chi connectivity index (χ1v) is 10.6. The van der Waals surface area contributed by atoms with Crippen LogP contribution >= 0.6 is 0 Å². The van der Waals surface area contributed by atoms with Gasteiger partial charge in [-0.2, -0.15) is 0 Å². The Bertz CT molecular complexity index is 1070. The Morgan fingerprint density at radius 3 is 2.87 bits per heavy atom. The van der Waals surface area contributed by atoms with Gasteiger partial charge < -0.3 is 14.2 Å². The second-order valence-electron chi connectivity index (χ2n) is 8.00. The SMILES string of the molecule is C=CCN1C[C@@H](c2nc3ccccc3n2CCCOc2cccc(C)c2C)CC1=O. The van der Waals surface area contributed by atoms with E-state index in [1.807, 2.05) is 35.2 Å². The van der Waals surface area contributed by atoms with Gasteiger partial charge in [0.2, 0.25) is 5.91 Å². The van der Waals surface area contributed by atoms with Crippen molar-refractivity contribution in [2.75, 3.05) is 19.7 Å². The summed E-state index contributed by atoms with van der Waals surface area (Å²) in [6.45, 7) is 10.7. The van der Waals surface area contributed by atoms with Gasteiger partial charge in [-0.3, -0.25) is 4.79 Å². The van der Waals surface area contributed by atoms with Crippen molar-refractivity contribution in [2.45, 2.75) is 39.2 Å². The highest BCUT2D eigenvalue weighted by Crippen LogP contribution is 2.30. The number of ether oxygens (including phenoxy) is 1. The van der Waals surface area contributed by atoms with Gasteiger partial charge in [0.1, 0.15) is 11.6 Å². The summed E-state index contributed by atoms with van der Waals surface area (Å²) in [6.07, 6.45) is 3.17. The summed E-state index contributed by atoms with van der Waals surface area (Å²) >= 11 is 0. The number of hydrogen-bond donors (Lipinski definition) is 0. The molecule has 30 heavy (non-hydrogen) atoms. The first-order valence-electron chi connectivity index (χ1n) is 10.6. The van der Waals surface area contributed by atoms with E-state index in [0.29, 0.717) is 26.1 Å². The van der Waals surface area contributed by atoms with Crippen LogP contribution in [0.3, 0.4) is 0 Å². The molecular formula is C25H29N3O2. The third-order valence-corrected chi connectivity index (χ3v) is 5.95. The quantitative estimate of drug-likeness (QED) is 0.407. The molecule has 156 valence electrons. The molecule has 0 saturated carbocycles. The number of para-hydroxylation sites is 2. The Morgan fingerprint density at radius 2 is 2.03 bits per heavy atom. The van der Waals surface area contributed by atoms with Gasteiger partial charge >= 0.3 is 0 Å². The normalized spacial score (nSPS) is 16.4. The molecule has 2 heterocycles. The third-order valence-electron chi connectivity index (χ3n) is 5.95. The van der Waals surface area contributed by atoms with Crippen molar-refractivity contribution < 1.29 is 9.53 Å². The summed E-state index contributed by atoms with van der Waals surface area (Å²) in [5.41, 5.74) is 4.54. The number of nitrogens with zero attached hydrogens (tertiary/aromatic N) is 3. The molecule has 4 rings (SSSR count). The van der Waals surface area contributed by atoms with Gasteiger partial charge in [-0.05, 0) is 49.6 Å². The third kappa shape index (κ3) is 3.97. The molecule has 3 aromatic rings. The van der Waals surface area contributed by atoms with Crippen LogP contribution in [0.2, 0.25) is 0 Å². The summed E-state index contributed by atoms with van der Waals surface area (Å²) in [4.78, 5) is 19.1. The van der Waals surface area contributed by atoms with Gasteiger partial charge in [-0.25, -0.2) is 4.98 Å². The fourth-order valence-electron chi connectivity index (χ4n) is 4.20. The van der Waals surface area contributed by atoms with Crippen LogP contribution in [0.5, 0.6) is 5.75 Å². The van der Waals surface area contributed by atoms with Crippen LogP contribution in [0.15, 0.2) is 55.1 Å². The van der Waals surface area contributed by atoms with Crippen molar-refractivity contribution in [1.29, 1.82) is 0 Å². The van der Waals surface area contributed by atoms with Crippen molar-refractivity contribution >= 4 is 16.9 Å². The van der Waals surface area contributed by atoms with E-state index in [2.05, 4.69) is 37.1 Å². The maximum absolute atomic E-state index is 12.4. The highest BCUT2D eigenvalue weighted by molar-refractivity contribution is 5.81. The average Bonchev–Trinajstić information content (AvgIpc) is 3.29. The topological polar surface area (TPSA) is 47.4 Å². The Hall–Kier alpha value is -3.08. The van der Waals surface area contributed by atoms with Crippen LogP contribution in [0.1, 0.15) is 35.7 Å². The molecule has 1 aliphatic heterocycles. The van der Waals surface area contributed by atoms with Gasteiger partial charge in [-0.1, -0.05) is 30.3 Å². The molecule has 1 fully saturated rings. The summed E-state index contributed by atoms with van der Waals surface area (Å²) in [5, 5.41) is 0. The first-order chi connectivity index (χ1) is 14.6. The minimum absolute atomic E-state index is 0.116. The molecule has 1 atom stereocenters. The van der Waals surface area contributed by atoms with Crippen molar-refractivity contribution in [1.82, 2.24) is 14.5 Å². The second kappa shape index (κ2) is 8.74. The lowest BCUT2D eigenvalue weighted by molar-refractivity contribution is -0.127. The Morgan fingerprint density at radius 1 is 1.20 bits per heavy atom. The largest absolute Gasteiger partial charge is 0.493 e. The number of hydrogen-bond acceptors (Lipinski definition) is 3. The smallest absolute Gasteiger partial charge is 0.223 e. The summed E-state index contributed by atoms with van der Waals surface area (Å²) in [5.74, 6) is 2.25. The molecule has 2 aromatic carbocycles. The number of aromatic nitrogens is 2. The van der Waals surface area contributed by atoms with Crippen LogP contribution in [0.25, 0.3) is 11.0 Å². The molecule has 5 heteroatoms. The summed E-state index contributed by atoms with van der Waals surface area (Å²) in [7, 11) is 0. The van der Waals surface area contributed by atoms with E-state index in [9.17, 15) is 4.79 Å². The number of likely N-dealkylation sites (tertiary alicyclic amines) is 1. The Balaban J connectivity index is 1.50. The Kier molecular flexibility index (Phi) is 5.88. The van der Waals surface area contributed by atoms with Crippen molar-refractivity contribution in [3.8, 4) is 5.75 Å². The number of amides is 1. The number of carbonyl (C=O) groups excluding carboxylic acids is 1. The molecule has 1 amide bonds. The van der Waals surface area contributed by atoms with Crippen LogP contribution in [0.4, 0.5) is 0 Å². The maximum Gasteiger partial charge on any atom is 0.223 e. The van der Waals surface area contributed by atoms with E-state index < -0.39 is 0 Å². The minimum Gasteiger partial charge on any atom is -0.493 e. The second-order valence-corrected chi connectivity index (χ2v) is 8.00. The van der Waals surface area contributed by atoms with Crippen molar-refractivity contribution in [2.24, 2.45) is 0 Å². The molecule has 1 aliphatic rings. The zero-order chi connectivity index (χ0) is 21.1. The fraction of sp³-hybridized carbons (Fsp3) is 0.360. The van der Waals surface area contributed by atoms with Crippen molar-refractivity contribution in [3.05, 3.63) is 72.1 Å². The lowest BCUT2D eigenvalue weighted by atomic mass is 10.1. The van der Waals surface area contributed by atoms with E-state index in [4.69, 9.17) is 9.72 Å². The van der Waals surface area contributed by atoms with Crippen LogP contribution in [-0.2, 0) is 11.3 Å². The zero-order valence-corrected chi connectivity index (χ0v) is 17.8. The number of benzene rings is 2. The molecule has 0 spiro atoms. The molecule has 0 bridgehead atoms. The zero-order valence-electron chi connectivity index (χ0n) is 17.8. The number of rotatable bonds is 8. The maximum atomic E-state index is 12.4. The van der Waals surface area contributed by atoms with Crippen LogP contribution in [0, 0.1) is 13.8 Å². The van der Waals surface area contributed by atoms with Crippen LogP contribution in [-0.4, -0.2) is 40.1 Å². The van der Waals surface area contributed by atoms with E-state index in [1.54, 1.807) is 6.08 Å². The number of fused-ring (bicyclic) bond motifs is 1. The molecule has 0 aliphatic carbocycles. The standard InChI is InChI=1S/C25H29N3O2/c1-4-13-27-17-20(16-24(27)29)25-26-21-10-5-6-11-22(21)28(25)14-8-15-30-23-12-7-9-18(2)19(23)3/h4-7,9-12,20H,1,8,13-17H2,2-3H3/t20-/m0/s1. The van der Waals surface area contributed by atoms with Gasteiger partial charge in [0, 0.05) is 32.0 Å². The monoisotopic (exact) mass is 403 g/mol.